The van der Waals surface area contributed by atoms with Crippen molar-refractivity contribution >= 4 is 5.97 Å². The van der Waals surface area contributed by atoms with Crippen molar-refractivity contribution in [3.63, 3.8) is 0 Å². The third-order valence-corrected chi connectivity index (χ3v) is 2.90. The maximum atomic E-state index is 10.8. The van der Waals surface area contributed by atoms with E-state index < -0.39 is 12.0 Å². The Labute approximate surface area is 111 Å². The number of ether oxygens (including phenoxy) is 1. The SMILES string of the molecule is COc1cc(C[C@H](N)C(=O)O)ccc1-n1cccc1. The molecule has 2 aromatic rings. The Kier molecular flexibility index (Phi) is 3.87. The predicted octanol–water partition coefficient (Wildman–Crippen LogP) is 1.44. The molecule has 0 fully saturated rings. The van der Waals surface area contributed by atoms with Crippen molar-refractivity contribution < 1.29 is 14.6 Å². The first-order valence-electron chi connectivity index (χ1n) is 5.90. The average Bonchev–Trinajstić information content (AvgIpc) is 2.92. The molecule has 0 amide bonds. The molecule has 5 heteroatoms. The smallest absolute Gasteiger partial charge is 0.320 e. The molecular formula is C14H16N2O3. The number of aromatic nitrogens is 1. The van der Waals surface area contributed by atoms with Crippen LogP contribution in [0.3, 0.4) is 0 Å². The third kappa shape index (κ3) is 2.95. The molecule has 100 valence electrons. The lowest BCUT2D eigenvalue weighted by Crippen LogP contribution is -2.32. The van der Waals surface area contributed by atoms with Crippen LogP contribution < -0.4 is 10.5 Å². The summed E-state index contributed by atoms with van der Waals surface area (Å²) in [5, 5.41) is 8.81. The fourth-order valence-electron chi connectivity index (χ4n) is 1.90. The first-order chi connectivity index (χ1) is 9.11. The Balaban J connectivity index is 2.29. The lowest BCUT2D eigenvalue weighted by atomic mass is 10.1. The monoisotopic (exact) mass is 260 g/mol. The van der Waals surface area contributed by atoms with Crippen LogP contribution in [-0.4, -0.2) is 28.8 Å². The number of hydrogen-bond donors (Lipinski definition) is 2. The lowest BCUT2D eigenvalue weighted by Gasteiger charge is -2.13. The quantitative estimate of drug-likeness (QED) is 0.852. The zero-order chi connectivity index (χ0) is 13.8. The number of methoxy groups -OCH3 is 1. The summed E-state index contributed by atoms with van der Waals surface area (Å²) < 4.78 is 7.27. The molecule has 0 bridgehead atoms. The minimum absolute atomic E-state index is 0.275. The minimum Gasteiger partial charge on any atom is -0.495 e. The molecule has 1 atom stereocenters. The van der Waals surface area contributed by atoms with Crippen LogP contribution in [0.15, 0.2) is 42.7 Å². The number of aliphatic carboxylic acids is 1. The standard InChI is InChI=1S/C14H16N2O3/c1-19-13-9-10(8-11(15)14(17)18)4-5-12(13)16-6-2-3-7-16/h2-7,9,11H,8,15H2,1H3,(H,17,18)/t11-/m0/s1. The predicted molar refractivity (Wildman–Crippen MR) is 71.6 cm³/mol. The van der Waals surface area contributed by atoms with E-state index >= 15 is 0 Å². The highest BCUT2D eigenvalue weighted by Crippen LogP contribution is 2.24. The van der Waals surface area contributed by atoms with Gasteiger partial charge in [-0.15, -0.1) is 0 Å². The number of carbonyl (C=O) groups is 1. The summed E-state index contributed by atoms with van der Waals surface area (Å²) in [5.41, 5.74) is 7.27. The Morgan fingerprint density at radius 1 is 1.42 bits per heavy atom. The maximum Gasteiger partial charge on any atom is 0.320 e. The third-order valence-electron chi connectivity index (χ3n) is 2.90. The van der Waals surface area contributed by atoms with Gasteiger partial charge in [0.1, 0.15) is 11.8 Å². The van der Waals surface area contributed by atoms with Gasteiger partial charge in [-0.3, -0.25) is 4.79 Å². The Morgan fingerprint density at radius 3 is 2.68 bits per heavy atom. The van der Waals surface area contributed by atoms with Gasteiger partial charge in [0.15, 0.2) is 0 Å². The Hall–Kier alpha value is -2.27. The van der Waals surface area contributed by atoms with Gasteiger partial charge in [0.2, 0.25) is 0 Å². The van der Waals surface area contributed by atoms with Crippen molar-refractivity contribution in [2.24, 2.45) is 5.73 Å². The van der Waals surface area contributed by atoms with E-state index in [0.717, 1.165) is 11.3 Å². The van der Waals surface area contributed by atoms with Gasteiger partial charge in [-0.1, -0.05) is 6.07 Å². The molecule has 1 aromatic heterocycles. The molecule has 0 aliphatic heterocycles. The molecule has 0 aliphatic rings. The van der Waals surface area contributed by atoms with E-state index in [1.54, 1.807) is 7.11 Å². The number of nitrogens with two attached hydrogens (primary N) is 1. The van der Waals surface area contributed by atoms with Crippen molar-refractivity contribution in [3.8, 4) is 11.4 Å². The zero-order valence-corrected chi connectivity index (χ0v) is 10.6. The van der Waals surface area contributed by atoms with Gasteiger partial charge in [0.25, 0.3) is 0 Å². The normalized spacial score (nSPS) is 12.1. The van der Waals surface area contributed by atoms with Crippen LogP contribution in [-0.2, 0) is 11.2 Å². The number of hydrogen-bond acceptors (Lipinski definition) is 3. The van der Waals surface area contributed by atoms with E-state index in [0.29, 0.717) is 5.75 Å². The van der Waals surface area contributed by atoms with Gasteiger partial charge in [-0.25, -0.2) is 0 Å². The average molecular weight is 260 g/mol. The number of benzene rings is 1. The second kappa shape index (κ2) is 5.58. The highest BCUT2D eigenvalue weighted by molar-refractivity contribution is 5.73. The van der Waals surface area contributed by atoms with Crippen LogP contribution in [0.25, 0.3) is 5.69 Å². The van der Waals surface area contributed by atoms with Crippen molar-refractivity contribution in [2.45, 2.75) is 12.5 Å². The van der Waals surface area contributed by atoms with Crippen LogP contribution in [0.5, 0.6) is 5.75 Å². The van der Waals surface area contributed by atoms with Gasteiger partial charge in [0.05, 0.1) is 12.8 Å². The van der Waals surface area contributed by atoms with Crippen LogP contribution in [0.2, 0.25) is 0 Å². The Morgan fingerprint density at radius 2 is 2.11 bits per heavy atom. The van der Waals surface area contributed by atoms with Gasteiger partial charge in [-0.05, 0) is 36.2 Å². The molecule has 0 radical (unpaired) electrons. The minimum atomic E-state index is -1.01. The van der Waals surface area contributed by atoms with Crippen LogP contribution in [0.1, 0.15) is 5.56 Å². The fraction of sp³-hybridized carbons (Fsp3) is 0.214. The van der Waals surface area contributed by atoms with Crippen LogP contribution >= 0.6 is 0 Å². The first-order valence-corrected chi connectivity index (χ1v) is 5.90. The van der Waals surface area contributed by atoms with E-state index in [2.05, 4.69) is 0 Å². The molecule has 1 heterocycles. The maximum absolute atomic E-state index is 10.8. The summed E-state index contributed by atoms with van der Waals surface area (Å²) in [7, 11) is 1.59. The summed E-state index contributed by atoms with van der Waals surface area (Å²) in [6, 6.07) is 8.52. The van der Waals surface area contributed by atoms with E-state index in [4.69, 9.17) is 15.6 Å². The molecule has 19 heavy (non-hydrogen) atoms. The summed E-state index contributed by atoms with van der Waals surface area (Å²) in [6.45, 7) is 0. The van der Waals surface area contributed by atoms with Gasteiger partial charge in [-0.2, -0.15) is 0 Å². The molecular weight excluding hydrogens is 244 g/mol. The summed E-state index contributed by atoms with van der Waals surface area (Å²) in [5.74, 6) is -0.320. The fourth-order valence-corrected chi connectivity index (χ4v) is 1.90. The molecule has 3 N–H and O–H groups in total. The Bertz CT molecular complexity index is 564. The summed E-state index contributed by atoms with van der Waals surface area (Å²) in [4.78, 5) is 10.8. The molecule has 0 spiro atoms. The topological polar surface area (TPSA) is 77.5 Å². The van der Waals surface area contributed by atoms with E-state index in [1.165, 1.54) is 0 Å². The van der Waals surface area contributed by atoms with Crippen molar-refractivity contribution in [3.05, 3.63) is 48.3 Å². The van der Waals surface area contributed by atoms with Crippen molar-refractivity contribution in [1.29, 1.82) is 0 Å². The van der Waals surface area contributed by atoms with Crippen molar-refractivity contribution in [1.82, 2.24) is 4.57 Å². The van der Waals surface area contributed by atoms with E-state index in [1.807, 2.05) is 47.3 Å². The number of nitrogens with zero attached hydrogens (tertiary/aromatic N) is 1. The van der Waals surface area contributed by atoms with Crippen LogP contribution in [0, 0.1) is 0 Å². The summed E-state index contributed by atoms with van der Waals surface area (Å²) in [6.07, 6.45) is 4.11. The lowest BCUT2D eigenvalue weighted by molar-refractivity contribution is -0.138. The molecule has 5 nitrogen and oxygen atoms in total. The van der Waals surface area contributed by atoms with Gasteiger partial charge in [0, 0.05) is 12.4 Å². The van der Waals surface area contributed by atoms with Crippen molar-refractivity contribution in [2.75, 3.05) is 7.11 Å². The van der Waals surface area contributed by atoms with Gasteiger partial charge >= 0.3 is 5.97 Å². The molecule has 2 rings (SSSR count). The zero-order valence-electron chi connectivity index (χ0n) is 10.6. The number of rotatable bonds is 5. The molecule has 0 aliphatic carbocycles. The number of carboxylic acids is 1. The van der Waals surface area contributed by atoms with Crippen LogP contribution in [0.4, 0.5) is 0 Å². The second-order valence-electron chi connectivity index (χ2n) is 4.25. The van der Waals surface area contributed by atoms with Gasteiger partial charge < -0.3 is 20.1 Å². The largest absolute Gasteiger partial charge is 0.495 e. The summed E-state index contributed by atoms with van der Waals surface area (Å²) >= 11 is 0. The molecule has 0 saturated carbocycles. The van der Waals surface area contributed by atoms with E-state index in [9.17, 15) is 4.79 Å². The highest BCUT2D eigenvalue weighted by Gasteiger charge is 2.13. The molecule has 1 aromatic carbocycles. The second-order valence-corrected chi connectivity index (χ2v) is 4.25. The molecule has 0 unspecified atom stereocenters. The van der Waals surface area contributed by atoms with E-state index in [-0.39, 0.29) is 6.42 Å². The number of carboxylic acid groups (broad SMARTS) is 1. The highest BCUT2D eigenvalue weighted by atomic mass is 16.5. The first kappa shape index (κ1) is 13.2. The molecule has 0 saturated heterocycles.